The van der Waals surface area contributed by atoms with Crippen LogP contribution in [0.5, 0.6) is 0 Å². The maximum Gasteiger partial charge on any atom is 0.159 e. The van der Waals surface area contributed by atoms with Gasteiger partial charge in [0, 0.05) is 9.79 Å². The minimum absolute atomic E-state index is 0.539. The van der Waals surface area contributed by atoms with Gasteiger partial charge in [-0.2, -0.15) is 0 Å². The van der Waals surface area contributed by atoms with E-state index in [0.29, 0.717) is 22.6 Å². The molecule has 102 valence electrons. The van der Waals surface area contributed by atoms with E-state index in [1.54, 1.807) is 11.8 Å². The molecule has 0 amide bonds. The minimum Gasteiger partial charge on any atom is -0.397 e. The van der Waals surface area contributed by atoms with Crippen molar-refractivity contribution >= 4 is 28.5 Å². The molecule has 0 atom stereocenters. The van der Waals surface area contributed by atoms with E-state index in [1.165, 1.54) is 5.56 Å². The minimum atomic E-state index is 0.539. The largest absolute Gasteiger partial charge is 0.397 e. The Labute approximate surface area is 121 Å². The molecule has 3 aromatic rings. The highest BCUT2D eigenvalue weighted by Gasteiger charge is 2.11. The predicted molar refractivity (Wildman–Crippen MR) is 80.9 cm³/mol. The number of hydrogen-bond acceptors (Lipinski definition) is 5. The lowest BCUT2D eigenvalue weighted by molar-refractivity contribution is 0.315. The molecule has 0 saturated carbocycles. The van der Waals surface area contributed by atoms with Crippen LogP contribution < -0.4 is 5.73 Å². The Morgan fingerprint density at radius 2 is 1.70 bits per heavy atom. The maximum atomic E-state index is 5.84. The molecule has 0 aliphatic carbocycles. The Kier molecular flexibility index (Phi) is 3.36. The van der Waals surface area contributed by atoms with Crippen LogP contribution in [0.15, 0.2) is 50.8 Å². The first-order valence-corrected chi connectivity index (χ1v) is 7.25. The molecule has 0 spiro atoms. The van der Waals surface area contributed by atoms with Crippen LogP contribution in [0, 0.1) is 0 Å². The van der Waals surface area contributed by atoms with E-state index in [-0.39, 0.29) is 0 Å². The molecule has 0 unspecified atom stereocenters. The molecule has 0 fully saturated rings. The molecule has 0 radical (unpaired) electrons. The van der Waals surface area contributed by atoms with Gasteiger partial charge in [-0.15, -0.1) is 0 Å². The second kappa shape index (κ2) is 5.17. The zero-order chi connectivity index (χ0) is 14.1. The zero-order valence-electron chi connectivity index (χ0n) is 11.3. The SMILES string of the molecule is CC(C)c1ccc(Sc2ccc(N)c3nonc23)cc1. The van der Waals surface area contributed by atoms with Crippen molar-refractivity contribution in [2.24, 2.45) is 0 Å². The predicted octanol–water partition coefficient (Wildman–Crippen LogP) is 4.08. The summed E-state index contributed by atoms with van der Waals surface area (Å²) in [5, 5.41) is 7.77. The highest BCUT2D eigenvalue weighted by Crippen LogP contribution is 2.34. The number of aromatic nitrogens is 2. The van der Waals surface area contributed by atoms with Crippen LogP contribution in [0.2, 0.25) is 0 Å². The van der Waals surface area contributed by atoms with Crippen molar-refractivity contribution in [3.63, 3.8) is 0 Å². The average molecular weight is 285 g/mol. The summed E-state index contributed by atoms with van der Waals surface area (Å²) in [6, 6.07) is 12.3. The summed E-state index contributed by atoms with van der Waals surface area (Å²) in [6.07, 6.45) is 0. The lowest BCUT2D eigenvalue weighted by atomic mass is 10.0. The molecule has 0 bridgehead atoms. The Hall–Kier alpha value is -2.01. The van der Waals surface area contributed by atoms with E-state index in [9.17, 15) is 0 Å². The molecular formula is C15H15N3OS. The molecule has 20 heavy (non-hydrogen) atoms. The van der Waals surface area contributed by atoms with Gasteiger partial charge < -0.3 is 5.73 Å². The molecule has 1 heterocycles. The fourth-order valence-electron chi connectivity index (χ4n) is 1.99. The standard InChI is InChI=1S/C15H15N3OS/c1-9(2)10-3-5-11(6-4-10)20-13-8-7-12(16)14-15(13)18-19-17-14/h3-9H,16H2,1-2H3. The van der Waals surface area contributed by atoms with Gasteiger partial charge in [0.2, 0.25) is 0 Å². The first-order chi connectivity index (χ1) is 9.65. The van der Waals surface area contributed by atoms with Crippen molar-refractivity contribution in [3.8, 4) is 0 Å². The molecule has 0 aliphatic rings. The van der Waals surface area contributed by atoms with Gasteiger partial charge >= 0.3 is 0 Å². The van der Waals surface area contributed by atoms with E-state index in [0.717, 1.165) is 9.79 Å². The summed E-state index contributed by atoms with van der Waals surface area (Å²) in [5.41, 5.74) is 9.09. The van der Waals surface area contributed by atoms with Gasteiger partial charge in [0.1, 0.15) is 0 Å². The summed E-state index contributed by atoms with van der Waals surface area (Å²) in [7, 11) is 0. The van der Waals surface area contributed by atoms with Gasteiger partial charge in [-0.25, -0.2) is 4.63 Å². The van der Waals surface area contributed by atoms with Crippen LogP contribution in [0.4, 0.5) is 5.69 Å². The zero-order valence-corrected chi connectivity index (χ0v) is 12.1. The first kappa shape index (κ1) is 13.0. The van der Waals surface area contributed by atoms with Gasteiger partial charge in [-0.05, 0) is 46.1 Å². The van der Waals surface area contributed by atoms with E-state index in [4.69, 9.17) is 10.4 Å². The summed E-state index contributed by atoms with van der Waals surface area (Å²) >= 11 is 1.63. The Balaban J connectivity index is 1.93. The van der Waals surface area contributed by atoms with Gasteiger partial charge in [0.05, 0.1) is 5.69 Å². The molecule has 0 saturated heterocycles. The molecule has 0 aliphatic heterocycles. The third-order valence-electron chi connectivity index (χ3n) is 3.18. The molecule has 4 nitrogen and oxygen atoms in total. The number of benzene rings is 2. The van der Waals surface area contributed by atoms with Crippen LogP contribution in [-0.4, -0.2) is 10.3 Å². The Morgan fingerprint density at radius 1 is 1.00 bits per heavy atom. The summed E-state index contributed by atoms with van der Waals surface area (Å²) in [5.74, 6) is 0.539. The highest BCUT2D eigenvalue weighted by molar-refractivity contribution is 7.99. The molecule has 5 heteroatoms. The van der Waals surface area contributed by atoms with E-state index in [2.05, 4.69) is 48.4 Å². The highest BCUT2D eigenvalue weighted by atomic mass is 32.2. The smallest absolute Gasteiger partial charge is 0.159 e. The second-order valence-electron chi connectivity index (χ2n) is 4.94. The van der Waals surface area contributed by atoms with Crippen molar-refractivity contribution in [3.05, 3.63) is 42.0 Å². The maximum absolute atomic E-state index is 5.84. The normalized spacial score (nSPS) is 11.3. The third kappa shape index (κ3) is 2.36. The number of rotatable bonds is 3. The van der Waals surface area contributed by atoms with Gasteiger partial charge in [-0.1, -0.05) is 37.7 Å². The quantitative estimate of drug-likeness (QED) is 0.734. The van der Waals surface area contributed by atoms with Crippen LogP contribution in [0.25, 0.3) is 11.0 Å². The lowest BCUT2D eigenvalue weighted by Crippen LogP contribution is -1.88. The summed E-state index contributed by atoms with van der Waals surface area (Å²) in [4.78, 5) is 2.15. The van der Waals surface area contributed by atoms with Crippen molar-refractivity contribution < 1.29 is 4.63 Å². The third-order valence-corrected chi connectivity index (χ3v) is 4.24. The molecule has 2 aromatic carbocycles. The van der Waals surface area contributed by atoms with Crippen molar-refractivity contribution in [1.82, 2.24) is 10.3 Å². The number of hydrogen-bond donors (Lipinski definition) is 1. The van der Waals surface area contributed by atoms with E-state index >= 15 is 0 Å². The Morgan fingerprint density at radius 3 is 2.40 bits per heavy atom. The van der Waals surface area contributed by atoms with Crippen LogP contribution in [-0.2, 0) is 0 Å². The lowest BCUT2D eigenvalue weighted by Gasteiger charge is -2.07. The summed E-state index contributed by atoms with van der Waals surface area (Å²) < 4.78 is 4.78. The number of fused-ring (bicyclic) bond motifs is 1. The van der Waals surface area contributed by atoms with Crippen LogP contribution in [0.1, 0.15) is 25.3 Å². The van der Waals surface area contributed by atoms with Gasteiger partial charge in [0.25, 0.3) is 0 Å². The van der Waals surface area contributed by atoms with Gasteiger partial charge in [-0.3, -0.25) is 0 Å². The monoisotopic (exact) mass is 285 g/mol. The van der Waals surface area contributed by atoms with Gasteiger partial charge in [0.15, 0.2) is 11.0 Å². The summed E-state index contributed by atoms with van der Waals surface area (Å²) in [6.45, 7) is 4.37. The van der Waals surface area contributed by atoms with E-state index in [1.807, 2.05) is 12.1 Å². The second-order valence-corrected chi connectivity index (χ2v) is 6.06. The number of nitrogens with zero attached hydrogens (tertiary/aromatic N) is 2. The average Bonchev–Trinajstić information content (AvgIpc) is 2.93. The van der Waals surface area contributed by atoms with Crippen molar-refractivity contribution in [1.29, 1.82) is 0 Å². The fourth-order valence-corrected chi connectivity index (χ4v) is 2.89. The number of anilines is 1. The number of nitrogens with two attached hydrogens (primary N) is 1. The molecule has 2 N–H and O–H groups in total. The van der Waals surface area contributed by atoms with Crippen LogP contribution in [0.3, 0.4) is 0 Å². The number of nitrogen functional groups attached to an aromatic ring is 1. The van der Waals surface area contributed by atoms with E-state index < -0.39 is 0 Å². The first-order valence-electron chi connectivity index (χ1n) is 6.43. The topological polar surface area (TPSA) is 64.9 Å². The Bertz CT molecular complexity index is 734. The van der Waals surface area contributed by atoms with Crippen LogP contribution >= 0.6 is 11.8 Å². The molecular weight excluding hydrogens is 270 g/mol. The molecule has 1 aromatic heterocycles. The van der Waals surface area contributed by atoms with Crippen molar-refractivity contribution in [2.45, 2.75) is 29.6 Å². The van der Waals surface area contributed by atoms with Crippen molar-refractivity contribution in [2.75, 3.05) is 5.73 Å². The fraction of sp³-hybridized carbons (Fsp3) is 0.200. The molecule has 3 rings (SSSR count).